The fourth-order valence-corrected chi connectivity index (χ4v) is 4.32. The lowest BCUT2D eigenvalue weighted by atomic mass is 10.1. The molecule has 0 saturated carbocycles. The van der Waals surface area contributed by atoms with Crippen LogP contribution in [0.3, 0.4) is 0 Å². The molecule has 2 aromatic heterocycles. The van der Waals surface area contributed by atoms with Crippen LogP contribution in [-0.2, 0) is 4.79 Å². The molecule has 10 nitrogen and oxygen atoms in total. The topological polar surface area (TPSA) is 96.8 Å². The van der Waals surface area contributed by atoms with Gasteiger partial charge in [0.1, 0.15) is 11.5 Å². The van der Waals surface area contributed by atoms with E-state index in [-0.39, 0.29) is 11.9 Å². The summed E-state index contributed by atoms with van der Waals surface area (Å²) in [6, 6.07) is 10.2. The number of hydrogen-bond acceptors (Lipinski definition) is 8. The molecular formula is C29H33F2N7O3. The van der Waals surface area contributed by atoms with Crippen LogP contribution in [0.4, 0.5) is 31.8 Å². The van der Waals surface area contributed by atoms with Crippen molar-refractivity contribution < 1.29 is 23.0 Å². The van der Waals surface area contributed by atoms with Gasteiger partial charge in [-0.15, -0.1) is 0 Å². The molecule has 0 aliphatic rings. The van der Waals surface area contributed by atoms with E-state index in [0.29, 0.717) is 51.6 Å². The number of likely N-dealkylation sites (N-methyl/N-ethyl adjacent to an activating group) is 2. The Morgan fingerprint density at radius 3 is 2.54 bits per heavy atom. The molecule has 0 spiro atoms. The fourth-order valence-electron chi connectivity index (χ4n) is 4.32. The van der Waals surface area contributed by atoms with Crippen LogP contribution in [0.15, 0.2) is 61.4 Å². The zero-order valence-corrected chi connectivity index (χ0v) is 23.6. The zero-order chi connectivity index (χ0) is 29.7. The number of carbonyl (C=O) groups excluding carboxylic acids is 1. The smallest absolute Gasteiger partial charge is 0.319 e. The monoisotopic (exact) mass is 565 g/mol. The van der Waals surface area contributed by atoms with E-state index in [9.17, 15) is 13.6 Å². The molecule has 2 N–H and O–H groups in total. The summed E-state index contributed by atoms with van der Waals surface area (Å²) in [7, 11) is 8.91. The van der Waals surface area contributed by atoms with Crippen LogP contribution < -0.4 is 25.0 Å². The van der Waals surface area contributed by atoms with Crippen LogP contribution in [-0.4, -0.2) is 73.8 Å². The van der Waals surface area contributed by atoms with Gasteiger partial charge in [-0.1, -0.05) is 6.58 Å². The molecule has 4 aromatic rings. The van der Waals surface area contributed by atoms with Gasteiger partial charge in [0.2, 0.25) is 11.9 Å². The van der Waals surface area contributed by atoms with E-state index in [4.69, 9.17) is 9.47 Å². The number of nitrogens with one attached hydrogen (secondary N) is 2. The number of carbonyl (C=O) groups is 1. The maximum atomic E-state index is 13.9. The highest BCUT2D eigenvalue weighted by atomic mass is 19.3. The van der Waals surface area contributed by atoms with Crippen molar-refractivity contribution in [2.45, 2.75) is 6.55 Å². The van der Waals surface area contributed by atoms with Crippen LogP contribution in [0, 0.1) is 0 Å². The molecule has 4 rings (SSSR count). The van der Waals surface area contributed by atoms with Gasteiger partial charge in [0.25, 0.3) is 0 Å². The lowest BCUT2D eigenvalue weighted by Gasteiger charge is -2.26. The number of fused-ring (bicyclic) bond motifs is 1. The molecule has 0 fully saturated rings. The van der Waals surface area contributed by atoms with Gasteiger partial charge >= 0.3 is 6.55 Å². The number of ether oxygens (including phenoxy) is 2. The number of methoxy groups -OCH3 is 2. The highest BCUT2D eigenvalue weighted by Gasteiger charge is 2.19. The second-order valence-electron chi connectivity index (χ2n) is 9.49. The van der Waals surface area contributed by atoms with E-state index in [1.807, 2.05) is 32.1 Å². The van der Waals surface area contributed by atoms with E-state index in [1.54, 1.807) is 30.3 Å². The van der Waals surface area contributed by atoms with Gasteiger partial charge in [0.15, 0.2) is 0 Å². The Kier molecular flexibility index (Phi) is 9.03. The molecule has 0 bridgehead atoms. The normalized spacial score (nSPS) is 11.1. The molecule has 0 atom stereocenters. The van der Waals surface area contributed by atoms with Gasteiger partial charge in [0.05, 0.1) is 42.5 Å². The predicted octanol–water partition coefficient (Wildman–Crippen LogP) is 5.38. The third-order valence-electron chi connectivity index (χ3n) is 6.48. The summed E-state index contributed by atoms with van der Waals surface area (Å²) >= 11 is 0. The molecule has 1 amide bonds. The highest BCUT2D eigenvalue weighted by Crippen LogP contribution is 2.39. The van der Waals surface area contributed by atoms with Crippen molar-refractivity contribution in [1.82, 2.24) is 19.4 Å². The Bertz CT molecular complexity index is 1560. The molecule has 0 aliphatic heterocycles. The van der Waals surface area contributed by atoms with Gasteiger partial charge in [-0.2, -0.15) is 8.78 Å². The second-order valence-corrected chi connectivity index (χ2v) is 9.49. The summed E-state index contributed by atoms with van der Waals surface area (Å²) in [5, 5.41) is 6.60. The zero-order valence-electron chi connectivity index (χ0n) is 23.6. The molecule has 2 heterocycles. The summed E-state index contributed by atoms with van der Waals surface area (Å²) < 4.78 is 39.5. The van der Waals surface area contributed by atoms with E-state index < -0.39 is 6.55 Å². The summed E-state index contributed by atoms with van der Waals surface area (Å²) in [6.07, 6.45) is 4.09. The first-order valence-corrected chi connectivity index (χ1v) is 12.7. The Balaban J connectivity index is 1.74. The van der Waals surface area contributed by atoms with Gasteiger partial charge in [-0.05, 0) is 44.4 Å². The molecule has 0 radical (unpaired) electrons. The van der Waals surface area contributed by atoms with E-state index in [2.05, 4.69) is 32.1 Å². The van der Waals surface area contributed by atoms with Gasteiger partial charge in [-0.25, -0.2) is 9.97 Å². The number of halogens is 2. The average molecular weight is 566 g/mol. The van der Waals surface area contributed by atoms with Crippen molar-refractivity contribution in [2.75, 3.05) is 64.0 Å². The number of alkyl halides is 2. The maximum Gasteiger partial charge on any atom is 0.319 e. The van der Waals surface area contributed by atoms with Gasteiger partial charge < -0.3 is 29.9 Å². The van der Waals surface area contributed by atoms with Crippen molar-refractivity contribution >= 4 is 39.8 Å². The Hall–Kier alpha value is -4.71. The minimum absolute atomic E-state index is 0.210. The van der Waals surface area contributed by atoms with Crippen LogP contribution in [0.2, 0.25) is 0 Å². The Morgan fingerprint density at radius 1 is 1.10 bits per heavy atom. The minimum Gasteiger partial charge on any atom is -0.497 e. The first-order valence-electron chi connectivity index (χ1n) is 12.7. The first kappa shape index (κ1) is 29.3. The van der Waals surface area contributed by atoms with E-state index >= 15 is 0 Å². The SMILES string of the molecule is C=CC(=O)Nc1cc(Nc2nccc(-c3cn(C(F)F)c4cc(OC)ccc34)n2)c(OC)cc1N(C)CCN(C)C. The molecule has 41 heavy (non-hydrogen) atoms. The Labute approximate surface area is 237 Å². The standard InChI is InChI=1S/C29H33F2N7O3/c1-7-27(39)33-22-15-23(26(41-6)16-25(22)37(4)13-12-36(2)3)35-29-32-11-10-21(34-29)20-17-38(28(30)31)24-14-18(40-5)8-9-19(20)24/h7-11,14-17,28H,1,12-13H2,2-6H3,(H,33,39)(H,32,34,35). The van der Waals surface area contributed by atoms with Crippen molar-refractivity contribution in [2.24, 2.45) is 0 Å². The molecule has 0 aliphatic carbocycles. The van der Waals surface area contributed by atoms with Crippen LogP contribution in [0.5, 0.6) is 11.5 Å². The van der Waals surface area contributed by atoms with E-state index in [0.717, 1.165) is 16.8 Å². The summed E-state index contributed by atoms with van der Waals surface area (Å²) in [5.74, 6) is 0.802. The number of nitrogens with zero attached hydrogens (tertiary/aromatic N) is 5. The fraction of sp³-hybridized carbons (Fsp3) is 0.276. The number of amides is 1. The molecule has 216 valence electrons. The van der Waals surface area contributed by atoms with Crippen molar-refractivity contribution in [3.63, 3.8) is 0 Å². The van der Waals surface area contributed by atoms with Crippen LogP contribution in [0.1, 0.15) is 6.55 Å². The maximum absolute atomic E-state index is 13.9. The average Bonchev–Trinajstić information content (AvgIpc) is 3.35. The first-order chi connectivity index (χ1) is 19.6. The van der Waals surface area contributed by atoms with Crippen molar-refractivity contribution in [3.8, 4) is 22.8 Å². The molecule has 12 heteroatoms. The molecule has 0 unspecified atom stereocenters. The van der Waals surface area contributed by atoms with Crippen molar-refractivity contribution in [1.29, 1.82) is 0 Å². The summed E-state index contributed by atoms with van der Waals surface area (Å²) in [6.45, 7) is 2.29. The highest BCUT2D eigenvalue weighted by molar-refractivity contribution is 6.02. The lowest BCUT2D eigenvalue weighted by molar-refractivity contribution is -0.111. The number of aromatic nitrogens is 3. The largest absolute Gasteiger partial charge is 0.497 e. The molecule has 0 saturated heterocycles. The van der Waals surface area contributed by atoms with E-state index in [1.165, 1.54) is 32.7 Å². The van der Waals surface area contributed by atoms with Crippen LogP contribution >= 0.6 is 0 Å². The number of anilines is 4. The second kappa shape index (κ2) is 12.6. The molecular weight excluding hydrogens is 532 g/mol. The van der Waals surface area contributed by atoms with Gasteiger partial charge in [-0.3, -0.25) is 9.36 Å². The predicted molar refractivity (Wildman–Crippen MR) is 158 cm³/mol. The lowest BCUT2D eigenvalue weighted by Crippen LogP contribution is -2.29. The number of benzene rings is 2. The van der Waals surface area contributed by atoms with Gasteiger partial charge in [0, 0.05) is 55.6 Å². The number of rotatable bonds is 12. The minimum atomic E-state index is -2.75. The van der Waals surface area contributed by atoms with Crippen LogP contribution in [0.25, 0.3) is 22.2 Å². The molecule has 2 aromatic carbocycles. The summed E-state index contributed by atoms with van der Waals surface area (Å²) in [5.41, 5.74) is 3.04. The van der Waals surface area contributed by atoms with Crippen molar-refractivity contribution in [3.05, 3.63) is 61.4 Å². The number of hydrogen-bond donors (Lipinski definition) is 2. The quantitative estimate of drug-likeness (QED) is 0.221. The third kappa shape index (κ3) is 6.55. The third-order valence-corrected chi connectivity index (χ3v) is 6.48. The Morgan fingerprint density at radius 2 is 1.88 bits per heavy atom. The summed E-state index contributed by atoms with van der Waals surface area (Å²) in [4.78, 5) is 25.3.